The molecule has 0 aliphatic heterocycles. The van der Waals surface area contributed by atoms with Gasteiger partial charge in [0.15, 0.2) is 5.75 Å². The lowest BCUT2D eigenvalue weighted by molar-refractivity contribution is -0.386. The number of hydrogen-bond donors (Lipinski definition) is 3. The molecule has 9 nitrogen and oxygen atoms in total. The lowest BCUT2D eigenvalue weighted by Crippen LogP contribution is -2.26. The second kappa shape index (κ2) is 8.47. The highest BCUT2D eigenvalue weighted by molar-refractivity contribution is 5.86. The molecule has 2 aromatic rings. The van der Waals surface area contributed by atoms with Crippen LogP contribution in [0.4, 0.5) is 11.4 Å². The number of carbonyl (C=O) groups is 1. The minimum atomic E-state index is -0.736. The van der Waals surface area contributed by atoms with Gasteiger partial charge in [-0.25, -0.2) is 5.43 Å². The molecule has 0 bridgehead atoms. The van der Waals surface area contributed by atoms with E-state index in [1.807, 2.05) is 31.2 Å². The number of carbonyl (C=O) groups excluding carboxylic acids is 1. The van der Waals surface area contributed by atoms with Crippen LogP contribution in [0.15, 0.2) is 41.5 Å². The molecule has 136 valence electrons. The van der Waals surface area contributed by atoms with E-state index in [1.54, 1.807) is 0 Å². The molecule has 0 atom stereocenters. The highest BCUT2D eigenvalue weighted by Gasteiger charge is 2.19. The first-order valence-electron chi connectivity index (χ1n) is 7.59. The Morgan fingerprint density at radius 3 is 2.77 bits per heavy atom. The van der Waals surface area contributed by atoms with Gasteiger partial charge in [-0.15, -0.1) is 0 Å². The fourth-order valence-corrected chi connectivity index (χ4v) is 2.15. The molecule has 1 amide bonds. The molecule has 0 aromatic heterocycles. The van der Waals surface area contributed by atoms with E-state index in [0.29, 0.717) is 5.56 Å². The maximum absolute atomic E-state index is 11.8. The summed E-state index contributed by atoms with van der Waals surface area (Å²) in [6.45, 7) is 1.94. The lowest BCUT2D eigenvalue weighted by atomic mass is 10.2. The molecular formula is C17H18N4O5. The Hall–Kier alpha value is -3.62. The summed E-state index contributed by atoms with van der Waals surface area (Å²) in [6.07, 6.45) is 1.22. The molecule has 2 rings (SSSR count). The summed E-state index contributed by atoms with van der Waals surface area (Å²) in [4.78, 5) is 22.0. The smallest absolute Gasteiger partial charge is 0.315 e. The number of benzene rings is 2. The summed E-state index contributed by atoms with van der Waals surface area (Å²) in [5.74, 6) is -1.01. The average Bonchev–Trinajstić information content (AvgIpc) is 2.62. The van der Waals surface area contributed by atoms with Crippen LogP contribution in [-0.4, -0.2) is 35.8 Å². The van der Waals surface area contributed by atoms with Crippen LogP contribution in [0.5, 0.6) is 11.5 Å². The number of phenols is 1. The predicted octanol–water partition coefficient (Wildman–Crippen LogP) is 2.18. The zero-order chi connectivity index (χ0) is 19.1. The molecule has 0 heterocycles. The number of nitro groups is 1. The van der Waals surface area contributed by atoms with Crippen molar-refractivity contribution in [1.82, 2.24) is 5.43 Å². The van der Waals surface area contributed by atoms with E-state index in [4.69, 9.17) is 4.74 Å². The van der Waals surface area contributed by atoms with Crippen molar-refractivity contribution >= 4 is 23.5 Å². The van der Waals surface area contributed by atoms with Crippen molar-refractivity contribution in [3.8, 4) is 11.5 Å². The third kappa shape index (κ3) is 4.69. The molecule has 0 saturated carbocycles. The predicted molar refractivity (Wildman–Crippen MR) is 96.7 cm³/mol. The molecule has 0 saturated heterocycles. The van der Waals surface area contributed by atoms with Crippen molar-refractivity contribution in [3.63, 3.8) is 0 Å². The normalized spacial score (nSPS) is 10.5. The van der Waals surface area contributed by atoms with Gasteiger partial charge in [0.25, 0.3) is 5.91 Å². The van der Waals surface area contributed by atoms with Gasteiger partial charge in [0.1, 0.15) is 0 Å². The summed E-state index contributed by atoms with van der Waals surface area (Å²) in [5, 5.41) is 27.4. The number of nitro benzene ring substituents is 1. The number of hydrogen-bond acceptors (Lipinski definition) is 7. The van der Waals surface area contributed by atoms with E-state index in [0.717, 1.165) is 17.3 Å². The van der Waals surface area contributed by atoms with Crippen LogP contribution in [-0.2, 0) is 4.79 Å². The highest BCUT2D eigenvalue weighted by Crippen LogP contribution is 2.36. The quantitative estimate of drug-likeness (QED) is 0.396. The van der Waals surface area contributed by atoms with Crippen molar-refractivity contribution in [2.45, 2.75) is 6.92 Å². The number of ether oxygens (including phenoxy) is 1. The number of methoxy groups -OCH3 is 1. The van der Waals surface area contributed by atoms with Crippen LogP contribution in [0.2, 0.25) is 0 Å². The molecule has 0 aliphatic carbocycles. The van der Waals surface area contributed by atoms with Gasteiger partial charge in [-0.05, 0) is 24.6 Å². The summed E-state index contributed by atoms with van der Waals surface area (Å²) >= 11 is 0. The number of aryl methyl sites for hydroxylation is 1. The van der Waals surface area contributed by atoms with E-state index in [2.05, 4.69) is 15.8 Å². The lowest BCUT2D eigenvalue weighted by Gasteiger charge is -2.08. The number of hydrazone groups is 1. The molecule has 0 aliphatic rings. The van der Waals surface area contributed by atoms with Gasteiger partial charge in [-0.2, -0.15) is 5.10 Å². The van der Waals surface area contributed by atoms with E-state index < -0.39 is 16.4 Å². The monoisotopic (exact) mass is 358 g/mol. The Morgan fingerprint density at radius 2 is 2.12 bits per heavy atom. The zero-order valence-electron chi connectivity index (χ0n) is 14.2. The van der Waals surface area contributed by atoms with Crippen LogP contribution in [0, 0.1) is 17.0 Å². The number of rotatable bonds is 7. The number of para-hydroxylation sites is 1. The van der Waals surface area contributed by atoms with Crippen molar-refractivity contribution in [3.05, 3.63) is 57.6 Å². The molecule has 0 spiro atoms. The minimum Gasteiger partial charge on any atom is -0.500 e. The Balaban J connectivity index is 1.99. The van der Waals surface area contributed by atoms with Gasteiger partial charge < -0.3 is 15.2 Å². The first-order valence-corrected chi connectivity index (χ1v) is 7.59. The van der Waals surface area contributed by atoms with Crippen LogP contribution in [0.1, 0.15) is 11.1 Å². The largest absolute Gasteiger partial charge is 0.500 e. The Labute approximate surface area is 149 Å². The Bertz CT molecular complexity index is 851. The molecule has 26 heavy (non-hydrogen) atoms. The van der Waals surface area contributed by atoms with Gasteiger partial charge in [0.2, 0.25) is 5.75 Å². The summed E-state index contributed by atoms with van der Waals surface area (Å²) in [5.41, 5.74) is 3.94. The zero-order valence-corrected chi connectivity index (χ0v) is 14.2. The van der Waals surface area contributed by atoms with Gasteiger partial charge in [0.05, 0.1) is 24.8 Å². The number of amides is 1. The third-order valence-electron chi connectivity index (χ3n) is 3.48. The maximum Gasteiger partial charge on any atom is 0.315 e. The van der Waals surface area contributed by atoms with Crippen molar-refractivity contribution in [1.29, 1.82) is 0 Å². The highest BCUT2D eigenvalue weighted by atomic mass is 16.6. The van der Waals surface area contributed by atoms with Crippen molar-refractivity contribution < 1.29 is 19.6 Å². The first kappa shape index (κ1) is 18.7. The van der Waals surface area contributed by atoms with Gasteiger partial charge in [-0.3, -0.25) is 14.9 Å². The molecule has 0 radical (unpaired) electrons. The second-order valence-electron chi connectivity index (χ2n) is 5.31. The van der Waals surface area contributed by atoms with Crippen LogP contribution in [0.25, 0.3) is 0 Å². The number of nitrogens with zero attached hydrogens (tertiary/aromatic N) is 2. The van der Waals surface area contributed by atoms with Crippen LogP contribution < -0.4 is 15.5 Å². The number of phenolic OH excluding ortho intramolecular Hbond substituents is 1. The molecule has 3 N–H and O–H groups in total. The number of aromatic hydroxyl groups is 1. The summed E-state index contributed by atoms with van der Waals surface area (Å²) in [7, 11) is 1.28. The number of nitrogens with one attached hydrogen (secondary N) is 2. The number of anilines is 1. The minimum absolute atomic E-state index is 0.0151. The van der Waals surface area contributed by atoms with Crippen LogP contribution >= 0.6 is 0 Å². The topological polar surface area (TPSA) is 126 Å². The van der Waals surface area contributed by atoms with Gasteiger partial charge in [-0.1, -0.05) is 18.2 Å². The van der Waals surface area contributed by atoms with E-state index in [-0.39, 0.29) is 18.2 Å². The van der Waals surface area contributed by atoms with Gasteiger partial charge >= 0.3 is 5.69 Å². The molecule has 0 unspecified atom stereocenters. The van der Waals surface area contributed by atoms with E-state index in [9.17, 15) is 20.0 Å². The second-order valence-corrected chi connectivity index (χ2v) is 5.31. The Morgan fingerprint density at radius 1 is 1.38 bits per heavy atom. The average molecular weight is 358 g/mol. The fraction of sp³-hybridized carbons (Fsp3) is 0.176. The standard InChI is InChI=1S/C17H18N4O5/c1-11-5-3-4-6-13(11)18-10-16(22)20-19-9-12-7-14(21(24)25)17(23)15(8-12)26-2/h3-9,18,23H,10H2,1-2H3,(H,20,22)/b19-9-. The first-order chi connectivity index (χ1) is 12.4. The maximum atomic E-state index is 11.8. The molecular weight excluding hydrogens is 340 g/mol. The van der Waals surface area contributed by atoms with E-state index >= 15 is 0 Å². The summed E-state index contributed by atoms with van der Waals surface area (Å²) < 4.78 is 4.89. The SMILES string of the molecule is COc1cc(/C=N\NC(=O)CNc2ccccc2C)cc([N+](=O)[O-])c1O. The van der Waals surface area contributed by atoms with Gasteiger partial charge in [0, 0.05) is 17.3 Å². The molecule has 0 fully saturated rings. The van der Waals surface area contributed by atoms with Crippen molar-refractivity contribution in [2.24, 2.45) is 5.10 Å². The molecule has 9 heteroatoms. The summed E-state index contributed by atoms with van der Waals surface area (Å²) in [6, 6.07) is 10.0. The third-order valence-corrected chi connectivity index (χ3v) is 3.48. The van der Waals surface area contributed by atoms with Crippen LogP contribution in [0.3, 0.4) is 0 Å². The van der Waals surface area contributed by atoms with Crippen molar-refractivity contribution in [2.75, 3.05) is 19.0 Å². The Kier molecular flexibility index (Phi) is 6.10. The molecule has 2 aromatic carbocycles. The van der Waals surface area contributed by atoms with E-state index in [1.165, 1.54) is 19.4 Å². The fourth-order valence-electron chi connectivity index (χ4n) is 2.15.